The topological polar surface area (TPSA) is 60.4 Å². The molecule has 1 aromatic heterocycles. The van der Waals surface area contributed by atoms with Crippen LogP contribution in [0.15, 0.2) is 24.8 Å². The summed E-state index contributed by atoms with van der Waals surface area (Å²) in [6.07, 6.45) is 0. The highest BCUT2D eigenvalue weighted by Crippen LogP contribution is 2.41. The Morgan fingerprint density at radius 3 is 2.27 bits per heavy atom. The van der Waals surface area contributed by atoms with Crippen molar-refractivity contribution in [2.75, 3.05) is 25.6 Å². The molecule has 0 amide bonds. The molecule has 6 nitrogen and oxygen atoms in total. The molecule has 1 aromatic carbocycles. The smallest absolute Gasteiger partial charge is 0.322 e. The van der Waals surface area contributed by atoms with Gasteiger partial charge in [-0.2, -0.15) is 18.7 Å². The van der Waals surface area contributed by atoms with Crippen LogP contribution in [0.4, 0.5) is 14.5 Å². The molecule has 0 radical (unpaired) electrons. The number of halogens is 3. The van der Waals surface area contributed by atoms with Gasteiger partial charge in [-0.3, -0.25) is 0 Å². The van der Waals surface area contributed by atoms with E-state index >= 15 is 0 Å². The van der Waals surface area contributed by atoms with Crippen LogP contribution in [0.5, 0.6) is 12.0 Å². The normalized spacial score (nSPS) is 12.0. The van der Waals surface area contributed by atoms with Gasteiger partial charge in [-0.25, -0.2) is 0 Å². The van der Waals surface area contributed by atoms with E-state index in [0.717, 1.165) is 0 Å². The van der Waals surface area contributed by atoms with E-state index in [1.807, 2.05) is 0 Å². The molecule has 0 saturated carbocycles. The van der Waals surface area contributed by atoms with E-state index < -0.39 is 16.4 Å². The van der Waals surface area contributed by atoms with E-state index in [0.29, 0.717) is 16.8 Å². The first kappa shape index (κ1) is 20.1. The number of ether oxygens (including phenoxy) is 2. The van der Waals surface area contributed by atoms with Crippen molar-refractivity contribution in [2.45, 2.75) is 5.76 Å². The van der Waals surface area contributed by atoms with Crippen LogP contribution in [0.1, 0.15) is 11.4 Å². The number of para-hydroxylation sites is 1. The average molecular weight is 403 g/mol. The summed E-state index contributed by atoms with van der Waals surface area (Å²) in [7, 11) is 2.69. The van der Waals surface area contributed by atoms with Gasteiger partial charge >= 0.3 is 12.0 Å². The highest BCUT2D eigenvalue weighted by atomic mass is 35.5. The summed E-state index contributed by atoms with van der Waals surface area (Å²) in [6, 6.07) is 5.04. The lowest BCUT2D eigenvalue weighted by Gasteiger charge is -2.26. The fraction of sp³-hybridized carbons (Fsp3) is 0.250. The molecule has 0 N–H and O–H groups in total. The molecule has 0 aliphatic carbocycles. The summed E-state index contributed by atoms with van der Waals surface area (Å²) in [5, 5.41) is 0.279. The van der Waals surface area contributed by atoms with E-state index in [1.54, 1.807) is 18.2 Å². The molecule has 0 fully saturated rings. The molecule has 0 aliphatic heterocycles. The van der Waals surface area contributed by atoms with Gasteiger partial charge in [0.25, 0.3) is 5.76 Å². The summed E-state index contributed by atoms with van der Waals surface area (Å²) in [6.45, 7) is 3.98. The minimum Gasteiger partial charge on any atom is -0.467 e. The van der Waals surface area contributed by atoms with Crippen LogP contribution in [0.2, 0.25) is 5.02 Å². The predicted octanol–water partition coefficient (Wildman–Crippen LogP) is 3.88. The first-order chi connectivity index (χ1) is 12.3. The predicted molar refractivity (Wildman–Crippen MR) is 102 cm³/mol. The van der Waals surface area contributed by atoms with Crippen LogP contribution < -0.4 is 13.8 Å². The average Bonchev–Trinajstić information content (AvgIpc) is 2.65. The number of alkyl halides is 2. The third-order valence-corrected chi connectivity index (χ3v) is 5.02. The van der Waals surface area contributed by atoms with Gasteiger partial charge in [-0.1, -0.05) is 36.2 Å². The Morgan fingerprint density at radius 2 is 1.77 bits per heavy atom. The van der Waals surface area contributed by atoms with Crippen LogP contribution in [0, 0.1) is 0 Å². The van der Waals surface area contributed by atoms with Crippen molar-refractivity contribution in [3.05, 3.63) is 41.2 Å². The fourth-order valence-electron chi connectivity index (χ4n) is 2.09. The Balaban J connectivity index is 2.57. The summed E-state index contributed by atoms with van der Waals surface area (Å²) >= 11 is 6.27. The zero-order chi connectivity index (χ0) is 19.4. The molecule has 1 heterocycles. The molecule has 26 heavy (non-hydrogen) atoms. The Kier molecular flexibility index (Phi) is 6.49. The monoisotopic (exact) mass is 402 g/mol. The van der Waals surface area contributed by atoms with E-state index in [4.69, 9.17) is 21.1 Å². The molecule has 0 aliphatic rings. The summed E-state index contributed by atoms with van der Waals surface area (Å²) in [5.41, 5.74) is 1.19. The van der Waals surface area contributed by atoms with Crippen molar-refractivity contribution in [3.8, 4) is 12.0 Å². The second kappa shape index (κ2) is 8.41. The van der Waals surface area contributed by atoms with Crippen molar-refractivity contribution < 1.29 is 18.3 Å². The Morgan fingerprint density at radius 1 is 1.19 bits per heavy atom. The zero-order valence-corrected chi connectivity index (χ0v) is 15.9. The van der Waals surface area contributed by atoms with Gasteiger partial charge in [0.15, 0.2) is 5.82 Å². The number of methoxy groups -OCH3 is 2. The van der Waals surface area contributed by atoms with E-state index in [-0.39, 0.29) is 22.9 Å². The van der Waals surface area contributed by atoms with Crippen molar-refractivity contribution in [3.63, 3.8) is 0 Å². The van der Waals surface area contributed by atoms with Crippen molar-refractivity contribution in [1.82, 2.24) is 15.0 Å². The van der Waals surface area contributed by atoms with Gasteiger partial charge in [0.2, 0.25) is 0 Å². The van der Waals surface area contributed by atoms with Gasteiger partial charge in [0.05, 0.1) is 24.9 Å². The number of benzene rings is 1. The molecular weight excluding hydrogens is 386 g/mol. The molecule has 2 aromatic rings. The first-order valence-electron chi connectivity index (χ1n) is 7.17. The van der Waals surface area contributed by atoms with Crippen molar-refractivity contribution in [1.29, 1.82) is 0 Å². The lowest BCUT2D eigenvalue weighted by molar-refractivity contribution is 0.251. The Hall–Kier alpha value is -2.26. The fourth-order valence-corrected chi connectivity index (χ4v) is 3.11. The molecule has 10 heteroatoms. The van der Waals surface area contributed by atoms with E-state index in [1.165, 1.54) is 25.6 Å². The van der Waals surface area contributed by atoms with Crippen LogP contribution in [0.3, 0.4) is 0 Å². The van der Waals surface area contributed by atoms with Crippen LogP contribution in [-0.2, 0) is 0 Å². The molecule has 1 unspecified atom stereocenters. The number of aromatic nitrogens is 3. The SMILES string of the molecule is C=C(c1nc(OC)nc(OC)n1)c1cccc(Cl)c1N(C)S(=C)C(F)F. The largest absolute Gasteiger partial charge is 0.467 e. The molecule has 140 valence electrons. The minimum absolute atomic E-state index is 0.0365. The van der Waals surface area contributed by atoms with Crippen LogP contribution >= 0.6 is 22.3 Å². The standard InChI is InChI=1S/C16H17ClF2N4O2S/c1-9(13-20-15(24-3)22-16(21-13)25-4)10-7-6-8-11(17)12(10)23(2)26(5)14(18)19/h6-8,14H,1,5H2,2-4H3. The molecule has 1 atom stereocenters. The van der Waals surface area contributed by atoms with Gasteiger partial charge in [-0.15, -0.1) is 4.98 Å². The maximum Gasteiger partial charge on any atom is 0.322 e. The zero-order valence-electron chi connectivity index (χ0n) is 14.4. The number of nitrogens with zero attached hydrogens (tertiary/aromatic N) is 4. The molecule has 2 rings (SSSR count). The third-order valence-electron chi connectivity index (χ3n) is 3.41. The summed E-state index contributed by atoms with van der Waals surface area (Å²) in [5.74, 6) is 1.06. The highest BCUT2D eigenvalue weighted by molar-refractivity contribution is 8.15. The van der Waals surface area contributed by atoms with E-state index in [9.17, 15) is 8.78 Å². The summed E-state index contributed by atoms with van der Waals surface area (Å²) < 4.78 is 37.6. The molecule has 0 spiro atoms. The number of hydrogen-bond donors (Lipinski definition) is 0. The quantitative estimate of drug-likeness (QED) is 0.655. The highest BCUT2D eigenvalue weighted by Gasteiger charge is 2.22. The molecule has 0 bridgehead atoms. The lowest BCUT2D eigenvalue weighted by atomic mass is 10.0. The number of anilines is 1. The van der Waals surface area contributed by atoms with Crippen LogP contribution in [-0.4, -0.2) is 47.8 Å². The van der Waals surface area contributed by atoms with Gasteiger partial charge < -0.3 is 13.8 Å². The number of rotatable bonds is 7. The Labute approximate surface area is 157 Å². The second-order valence-corrected chi connectivity index (χ2v) is 7.02. The maximum atomic E-state index is 13.1. The lowest BCUT2D eigenvalue weighted by Crippen LogP contribution is -2.15. The minimum atomic E-state index is -2.63. The van der Waals surface area contributed by atoms with Gasteiger partial charge in [0.1, 0.15) is 0 Å². The maximum absolute atomic E-state index is 13.1. The molecular formula is C16H17ClF2N4O2S. The van der Waals surface area contributed by atoms with Crippen molar-refractivity contribution >= 4 is 39.4 Å². The van der Waals surface area contributed by atoms with Gasteiger partial charge in [-0.05, 0) is 16.7 Å². The first-order valence-corrected chi connectivity index (χ1v) is 8.96. The third kappa shape index (κ3) is 4.10. The summed E-state index contributed by atoms with van der Waals surface area (Å²) in [4.78, 5) is 12.2. The van der Waals surface area contributed by atoms with E-state index in [2.05, 4.69) is 27.4 Å². The molecule has 0 saturated heterocycles. The van der Waals surface area contributed by atoms with Crippen molar-refractivity contribution in [2.24, 2.45) is 0 Å². The number of hydrogen-bond acceptors (Lipinski definition) is 6. The Bertz CT molecular complexity index is 829. The second-order valence-electron chi connectivity index (χ2n) is 4.91. The van der Waals surface area contributed by atoms with Gasteiger partial charge in [0, 0.05) is 18.2 Å². The van der Waals surface area contributed by atoms with Crippen LogP contribution in [0.25, 0.3) is 5.57 Å².